The number of rotatable bonds is 5. The van der Waals surface area contributed by atoms with Crippen LogP contribution in [0.4, 0.5) is 5.82 Å². The number of hydrogen-bond acceptors (Lipinski definition) is 5. The Bertz CT molecular complexity index is 872. The van der Waals surface area contributed by atoms with Crippen molar-refractivity contribution in [2.24, 2.45) is 0 Å². The van der Waals surface area contributed by atoms with Gasteiger partial charge in [0.1, 0.15) is 11.6 Å². The SMILES string of the molecule is COc1ccc(CC(=O)Nc2cc(C)nn2[C@H]2CCS(=O)(=O)C2)cc1. The summed E-state index contributed by atoms with van der Waals surface area (Å²) in [5.74, 6) is 1.33. The quantitative estimate of drug-likeness (QED) is 0.874. The lowest BCUT2D eigenvalue weighted by atomic mass is 10.1. The number of hydrogen-bond donors (Lipinski definition) is 1. The first-order valence-electron chi connectivity index (χ1n) is 8.05. The minimum Gasteiger partial charge on any atom is -0.497 e. The number of methoxy groups -OCH3 is 1. The normalized spacial score (nSPS) is 18.9. The number of sulfone groups is 1. The van der Waals surface area contributed by atoms with E-state index in [1.165, 1.54) is 0 Å². The van der Waals surface area contributed by atoms with Crippen molar-refractivity contribution >= 4 is 21.6 Å². The number of aryl methyl sites for hydroxylation is 1. The number of aromatic nitrogens is 2. The lowest BCUT2D eigenvalue weighted by Gasteiger charge is -2.14. The minimum absolute atomic E-state index is 0.0650. The van der Waals surface area contributed by atoms with E-state index >= 15 is 0 Å². The number of carbonyl (C=O) groups is 1. The van der Waals surface area contributed by atoms with Gasteiger partial charge in [0.25, 0.3) is 0 Å². The van der Waals surface area contributed by atoms with E-state index in [1.54, 1.807) is 30.0 Å². The Morgan fingerprint density at radius 3 is 2.68 bits per heavy atom. The topological polar surface area (TPSA) is 90.3 Å². The first kappa shape index (κ1) is 17.5. The Balaban J connectivity index is 1.71. The zero-order valence-corrected chi connectivity index (χ0v) is 15.0. The van der Waals surface area contributed by atoms with Gasteiger partial charge in [-0.1, -0.05) is 12.1 Å². The van der Waals surface area contributed by atoms with Crippen molar-refractivity contribution < 1.29 is 17.9 Å². The van der Waals surface area contributed by atoms with Crippen molar-refractivity contribution in [1.82, 2.24) is 9.78 Å². The van der Waals surface area contributed by atoms with Crippen LogP contribution in [0.15, 0.2) is 30.3 Å². The molecule has 2 aromatic rings. The first-order valence-corrected chi connectivity index (χ1v) is 9.88. The van der Waals surface area contributed by atoms with E-state index < -0.39 is 9.84 Å². The number of carbonyl (C=O) groups excluding carboxylic acids is 1. The van der Waals surface area contributed by atoms with Gasteiger partial charge in [-0.2, -0.15) is 5.10 Å². The molecular weight excluding hydrogens is 342 g/mol. The zero-order valence-electron chi connectivity index (χ0n) is 14.2. The van der Waals surface area contributed by atoms with Gasteiger partial charge in [0.05, 0.1) is 36.8 Å². The van der Waals surface area contributed by atoms with Crippen molar-refractivity contribution in [3.8, 4) is 5.75 Å². The van der Waals surface area contributed by atoms with Crippen LogP contribution in [0.25, 0.3) is 0 Å². The monoisotopic (exact) mass is 363 g/mol. The number of anilines is 1. The highest BCUT2D eigenvalue weighted by Gasteiger charge is 2.31. The van der Waals surface area contributed by atoms with Gasteiger partial charge in [-0.15, -0.1) is 0 Å². The summed E-state index contributed by atoms with van der Waals surface area (Å²) in [5, 5.41) is 7.21. The lowest BCUT2D eigenvalue weighted by molar-refractivity contribution is -0.115. The van der Waals surface area contributed by atoms with Gasteiger partial charge in [0.2, 0.25) is 5.91 Å². The van der Waals surface area contributed by atoms with E-state index in [4.69, 9.17) is 4.74 Å². The summed E-state index contributed by atoms with van der Waals surface area (Å²) in [5.41, 5.74) is 1.61. The van der Waals surface area contributed by atoms with Gasteiger partial charge < -0.3 is 10.1 Å². The number of benzene rings is 1. The molecule has 0 unspecified atom stereocenters. The molecule has 134 valence electrons. The Morgan fingerprint density at radius 2 is 2.08 bits per heavy atom. The number of nitrogens with one attached hydrogen (secondary N) is 1. The summed E-state index contributed by atoms with van der Waals surface area (Å²) in [6.45, 7) is 1.82. The fourth-order valence-electron chi connectivity index (χ4n) is 2.97. The maximum atomic E-state index is 12.3. The van der Waals surface area contributed by atoms with Crippen LogP contribution in [0, 0.1) is 6.92 Å². The van der Waals surface area contributed by atoms with E-state index in [1.807, 2.05) is 19.1 Å². The van der Waals surface area contributed by atoms with Crippen LogP contribution < -0.4 is 10.1 Å². The third-order valence-corrected chi connectivity index (χ3v) is 5.95. The van der Waals surface area contributed by atoms with Crippen LogP contribution in [0.2, 0.25) is 0 Å². The molecule has 8 heteroatoms. The van der Waals surface area contributed by atoms with Gasteiger partial charge in [-0.05, 0) is 31.0 Å². The maximum Gasteiger partial charge on any atom is 0.229 e. The molecule has 1 amide bonds. The molecule has 0 aliphatic carbocycles. The molecule has 1 saturated heterocycles. The molecule has 25 heavy (non-hydrogen) atoms. The van der Waals surface area contributed by atoms with Crippen LogP contribution in [-0.2, 0) is 21.1 Å². The van der Waals surface area contributed by atoms with Crippen molar-refractivity contribution in [2.75, 3.05) is 23.9 Å². The third kappa shape index (κ3) is 4.19. The number of ether oxygens (including phenoxy) is 1. The van der Waals surface area contributed by atoms with Gasteiger partial charge in [0, 0.05) is 6.07 Å². The van der Waals surface area contributed by atoms with E-state index in [0.717, 1.165) is 17.0 Å². The second kappa shape index (κ2) is 6.87. The largest absolute Gasteiger partial charge is 0.497 e. The predicted molar refractivity (Wildman–Crippen MR) is 94.6 cm³/mol. The van der Waals surface area contributed by atoms with Gasteiger partial charge >= 0.3 is 0 Å². The predicted octanol–water partition coefficient (Wildman–Crippen LogP) is 1.74. The Kier molecular flexibility index (Phi) is 4.80. The van der Waals surface area contributed by atoms with Crippen molar-refractivity contribution in [3.05, 3.63) is 41.6 Å². The second-order valence-corrected chi connectivity index (χ2v) is 8.47. The van der Waals surface area contributed by atoms with Crippen LogP contribution in [0.3, 0.4) is 0 Å². The fraction of sp³-hybridized carbons (Fsp3) is 0.412. The summed E-state index contributed by atoms with van der Waals surface area (Å²) in [6, 6.07) is 8.82. The molecule has 0 spiro atoms. The maximum absolute atomic E-state index is 12.3. The van der Waals surface area contributed by atoms with E-state index in [9.17, 15) is 13.2 Å². The average molecular weight is 363 g/mol. The first-order chi connectivity index (χ1) is 11.9. The molecule has 2 heterocycles. The molecule has 0 bridgehead atoms. The van der Waals surface area contributed by atoms with Crippen LogP contribution in [0.1, 0.15) is 23.7 Å². The highest BCUT2D eigenvalue weighted by Crippen LogP contribution is 2.27. The molecule has 1 aromatic carbocycles. The number of amides is 1. The lowest BCUT2D eigenvalue weighted by Crippen LogP contribution is -2.20. The van der Waals surface area contributed by atoms with E-state index in [-0.39, 0.29) is 29.9 Å². The summed E-state index contributed by atoms with van der Waals surface area (Å²) in [6.07, 6.45) is 0.738. The summed E-state index contributed by atoms with van der Waals surface area (Å²) >= 11 is 0. The van der Waals surface area contributed by atoms with E-state index in [0.29, 0.717) is 12.2 Å². The summed E-state index contributed by atoms with van der Waals surface area (Å²) in [7, 11) is -1.43. The molecular formula is C17H21N3O4S. The van der Waals surface area contributed by atoms with Gasteiger partial charge in [-0.3, -0.25) is 4.79 Å². The van der Waals surface area contributed by atoms with E-state index in [2.05, 4.69) is 10.4 Å². The summed E-state index contributed by atoms with van der Waals surface area (Å²) in [4.78, 5) is 12.3. The van der Waals surface area contributed by atoms with Crippen LogP contribution in [0.5, 0.6) is 5.75 Å². The van der Waals surface area contributed by atoms with Gasteiger partial charge in [-0.25, -0.2) is 13.1 Å². The molecule has 1 aromatic heterocycles. The molecule has 0 radical (unpaired) electrons. The molecule has 1 fully saturated rings. The highest BCUT2D eigenvalue weighted by molar-refractivity contribution is 7.91. The van der Waals surface area contributed by atoms with Crippen LogP contribution >= 0.6 is 0 Å². The van der Waals surface area contributed by atoms with Crippen LogP contribution in [-0.4, -0.2) is 42.7 Å². The molecule has 1 aliphatic rings. The van der Waals surface area contributed by atoms with Gasteiger partial charge in [0.15, 0.2) is 9.84 Å². The average Bonchev–Trinajstić information content (AvgIpc) is 3.10. The molecule has 1 aliphatic heterocycles. The molecule has 0 saturated carbocycles. The molecule has 3 rings (SSSR count). The third-order valence-electron chi connectivity index (χ3n) is 4.20. The Hall–Kier alpha value is -2.35. The number of nitrogens with zero attached hydrogens (tertiary/aromatic N) is 2. The highest BCUT2D eigenvalue weighted by atomic mass is 32.2. The smallest absolute Gasteiger partial charge is 0.229 e. The minimum atomic E-state index is -3.02. The van der Waals surface area contributed by atoms with Crippen molar-refractivity contribution in [1.29, 1.82) is 0 Å². The fourth-order valence-corrected chi connectivity index (χ4v) is 4.66. The molecule has 7 nitrogen and oxygen atoms in total. The zero-order chi connectivity index (χ0) is 18.0. The molecule has 1 atom stereocenters. The second-order valence-electron chi connectivity index (χ2n) is 6.25. The summed E-state index contributed by atoms with van der Waals surface area (Å²) < 4.78 is 30.2. The Labute approximate surface area is 146 Å². The van der Waals surface area contributed by atoms with Crippen molar-refractivity contribution in [3.63, 3.8) is 0 Å². The standard InChI is InChI=1S/C17H21N3O4S/c1-12-9-16(20(19-12)14-7-8-25(22,23)11-14)18-17(21)10-13-3-5-15(24-2)6-4-13/h3-6,9,14H,7-8,10-11H2,1-2H3,(H,18,21)/t14-/m0/s1. The Morgan fingerprint density at radius 1 is 1.36 bits per heavy atom. The van der Waals surface area contributed by atoms with Crippen molar-refractivity contribution in [2.45, 2.75) is 25.8 Å². The molecule has 1 N–H and O–H groups in total.